The lowest BCUT2D eigenvalue weighted by Gasteiger charge is -2.44. The van der Waals surface area contributed by atoms with Crippen molar-refractivity contribution in [3.05, 3.63) is 56.8 Å². The summed E-state index contributed by atoms with van der Waals surface area (Å²) in [5.74, 6) is 0.833. The zero-order valence-electron chi connectivity index (χ0n) is 17.2. The van der Waals surface area contributed by atoms with Crippen LogP contribution in [0.4, 0.5) is 4.79 Å². The Balaban J connectivity index is 1.80. The molecular weight excluding hydrogens is 427 g/mol. The molecule has 0 spiro atoms. The van der Waals surface area contributed by atoms with Gasteiger partial charge in [-0.15, -0.1) is 0 Å². The van der Waals surface area contributed by atoms with Gasteiger partial charge in [-0.3, -0.25) is 0 Å². The molecule has 30 heavy (non-hydrogen) atoms. The molecule has 8 heteroatoms. The van der Waals surface area contributed by atoms with Crippen LogP contribution >= 0.6 is 23.2 Å². The van der Waals surface area contributed by atoms with Crippen LogP contribution in [0.3, 0.4) is 0 Å². The van der Waals surface area contributed by atoms with Crippen LogP contribution in [-0.4, -0.2) is 69.0 Å². The Kier molecular flexibility index (Phi) is 6.58. The number of halogens is 2. The molecule has 0 saturated carbocycles. The number of carbonyl (C=O) groups is 1. The molecule has 0 radical (unpaired) electrons. The second kappa shape index (κ2) is 9.18. The Hall–Kier alpha value is -1.73. The number of rotatable bonds is 3. The van der Waals surface area contributed by atoms with Crippen LogP contribution in [0.5, 0.6) is 0 Å². The van der Waals surface area contributed by atoms with E-state index in [2.05, 4.69) is 6.08 Å². The summed E-state index contributed by atoms with van der Waals surface area (Å²) in [5.41, 5.74) is 3.04. The lowest BCUT2D eigenvalue weighted by molar-refractivity contribution is 0.0390. The number of urea groups is 1. The van der Waals surface area contributed by atoms with Gasteiger partial charge in [-0.25, -0.2) is 4.79 Å². The SMILES string of the molecule is COC1=C2C(=CC(OC)C1)CCN(C(=O)N1CCOCC1)C2c1cc(Cl)cc(Cl)c1. The van der Waals surface area contributed by atoms with Gasteiger partial charge in [-0.05, 0) is 35.8 Å². The van der Waals surface area contributed by atoms with Crippen LogP contribution < -0.4 is 0 Å². The van der Waals surface area contributed by atoms with Crippen molar-refractivity contribution >= 4 is 29.2 Å². The minimum atomic E-state index is -0.329. The van der Waals surface area contributed by atoms with E-state index in [1.807, 2.05) is 21.9 Å². The highest BCUT2D eigenvalue weighted by Crippen LogP contribution is 2.45. The molecule has 2 saturated heterocycles. The number of methoxy groups -OCH3 is 2. The summed E-state index contributed by atoms with van der Waals surface area (Å²) >= 11 is 12.7. The maximum absolute atomic E-state index is 13.5. The van der Waals surface area contributed by atoms with E-state index in [0.717, 1.165) is 28.9 Å². The van der Waals surface area contributed by atoms with Gasteiger partial charge in [0.1, 0.15) is 5.76 Å². The molecule has 0 bridgehead atoms. The van der Waals surface area contributed by atoms with Gasteiger partial charge in [0.05, 0.1) is 32.5 Å². The fourth-order valence-corrected chi connectivity index (χ4v) is 5.03. The van der Waals surface area contributed by atoms with E-state index in [9.17, 15) is 4.79 Å². The van der Waals surface area contributed by atoms with Crippen molar-refractivity contribution in [2.24, 2.45) is 0 Å². The molecule has 3 aliphatic rings. The summed E-state index contributed by atoms with van der Waals surface area (Å²) < 4.78 is 16.8. The molecule has 2 heterocycles. The van der Waals surface area contributed by atoms with E-state index in [1.165, 1.54) is 0 Å². The minimum Gasteiger partial charge on any atom is -0.501 e. The number of carbonyl (C=O) groups excluding carboxylic acids is 1. The minimum absolute atomic E-state index is 0.00438. The van der Waals surface area contributed by atoms with Crippen LogP contribution in [0.2, 0.25) is 10.0 Å². The number of morpholine rings is 1. The summed E-state index contributed by atoms with van der Waals surface area (Å²) in [6.45, 7) is 2.87. The van der Waals surface area contributed by atoms with Crippen LogP contribution in [0.15, 0.2) is 41.2 Å². The van der Waals surface area contributed by atoms with E-state index >= 15 is 0 Å². The van der Waals surface area contributed by atoms with Gasteiger partial charge >= 0.3 is 6.03 Å². The quantitative estimate of drug-likeness (QED) is 0.679. The number of benzene rings is 1. The van der Waals surface area contributed by atoms with Crippen molar-refractivity contribution < 1.29 is 19.0 Å². The number of ether oxygens (including phenoxy) is 3. The molecular formula is C22H26Cl2N2O4. The van der Waals surface area contributed by atoms with Gasteiger partial charge < -0.3 is 24.0 Å². The first-order chi connectivity index (χ1) is 14.5. The number of fused-ring (bicyclic) bond motifs is 1. The van der Waals surface area contributed by atoms with Crippen molar-refractivity contribution in [3.8, 4) is 0 Å². The topological polar surface area (TPSA) is 51.2 Å². The summed E-state index contributed by atoms with van der Waals surface area (Å²) in [6.07, 6.45) is 3.47. The van der Waals surface area contributed by atoms with E-state index in [0.29, 0.717) is 49.3 Å². The van der Waals surface area contributed by atoms with Crippen LogP contribution in [0, 0.1) is 0 Å². The van der Waals surface area contributed by atoms with Gasteiger partial charge in [0, 0.05) is 48.8 Å². The number of amides is 2. The first-order valence-corrected chi connectivity index (χ1v) is 10.9. The molecule has 2 amide bonds. The predicted octanol–water partition coefficient (Wildman–Crippen LogP) is 4.44. The molecule has 1 aromatic carbocycles. The molecule has 0 aromatic heterocycles. The average molecular weight is 453 g/mol. The fourth-order valence-electron chi connectivity index (χ4n) is 4.48. The Labute approximate surface area is 187 Å². The van der Waals surface area contributed by atoms with E-state index in [1.54, 1.807) is 20.3 Å². The molecule has 2 fully saturated rings. The molecule has 6 nitrogen and oxygen atoms in total. The highest BCUT2D eigenvalue weighted by molar-refractivity contribution is 6.34. The first-order valence-electron chi connectivity index (χ1n) is 10.1. The Morgan fingerprint density at radius 2 is 1.80 bits per heavy atom. The largest absolute Gasteiger partial charge is 0.501 e. The summed E-state index contributed by atoms with van der Waals surface area (Å²) in [4.78, 5) is 17.3. The van der Waals surface area contributed by atoms with Crippen molar-refractivity contribution in [1.82, 2.24) is 9.80 Å². The fraction of sp³-hybridized carbons (Fsp3) is 0.500. The summed E-state index contributed by atoms with van der Waals surface area (Å²) in [7, 11) is 3.37. The molecule has 2 unspecified atom stereocenters. The maximum Gasteiger partial charge on any atom is 0.320 e. The van der Waals surface area contributed by atoms with Crippen LogP contribution in [-0.2, 0) is 14.2 Å². The highest BCUT2D eigenvalue weighted by atomic mass is 35.5. The summed E-state index contributed by atoms with van der Waals surface area (Å²) in [5, 5.41) is 1.08. The zero-order chi connectivity index (χ0) is 21.3. The molecule has 2 atom stereocenters. The third-order valence-corrected chi connectivity index (χ3v) is 6.34. The van der Waals surface area contributed by atoms with Gasteiger partial charge in [-0.1, -0.05) is 29.3 Å². The average Bonchev–Trinajstić information content (AvgIpc) is 2.76. The second-order valence-corrected chi connectivity index (χ2v) is 8.51. The van der Waals surface area contributed by atoms with Crippen molar-refractivity contribution in [1.29, 1.82) is 0 Å². The second-order valence-electron chi connectivity index (χ2n) is 7.64. The van der Waals surface area contributed by atoms with Gasteiger partial charge in [0.2, 0.25) is 0 Å². The lowest BCUT2D eigenvalue weighted by atomic mass is 9.81. The number of nitrogens with zero attached hydrogens (tertiary/aromatic N) is 2. The van der Waals surface area contributed by atoms with Crippen LogP contribution in [0.1, 0.15) is 24.4 Å². The van der Waals surface area contributed by atoms with Gasteiger partial charge in [0.15, 0.2) is 0 Å². The monoisotopic (exact) mass is 452 g/mol. The first kappa shape index (κ1) is 21.5. The van der Waals surface area contributed by atoms with E-state index in [-0.39, 0.29) is 18.2 Å². The number of likely N-dealkylation sites (tertiary alicyclic amines) is 1. The third kappa shape index (κ3) is 4.19. The highest BCUT2D eigenvalue weighted by Gasteiger charge is 2.40. The normalized spacial score (nSPS) is 24.5. The van der Waals surface area contributed by atoms with E-state index in [4.69, 9.17) is 37.4 Å². The number of hydrogen-bond acceptors (Lipinski definition) is 4. The number of piperidine rings is 1. The molecule has 0 N–H and O–H groups in total. The summed E-state index contributed by atoms with van der Waals surface area (Å²) in [6, 6.07) is 5.13. The van der Waals surface area contributed by atoms with Gasteiger partial charge in [-0.2, -0.15) is 0 Å². The molecule has 2 aliphatic heterocycles. The Morgan fingerprint density at radius 3 is 2.43 bits per heavy atom. The standard InChI is InChI=1S/C22H26Cl2N2O4/c1-28-18-11-14-3-4-26(22(27)25-5-7-30-8-6-25)21(20(14)19(13-18)29-2)15-9-16(23)12-17(24)10-15/h9-12,18,21H,3-8,13H2,1-2H3. The molecule has 4 rings (SSSR count). The lowest BCUT2D eigenvalue weighted by Crippen LogP contribution is -2.51. The molecule has 1 aromatic rings. The van der Waals surface area contributed by atoms with Crippen molar-refractivity contribution in [2.45, 2.75) is 25.0 Å². The third-order valence-electron chi connectivity index (χ3n) is 5.90. The van der Waals surface area contributed by atoms with E-state index < -0.39 is 0 Å². The van der Waals surface area contributed by atoms with Crippen LogP contribution in [0.25, 0.3) is 0 Å². The molecule has 1 aliphatic carbocycles. The molecule has 162 valence electrons. The predicted molar refractivity (Wildman–Crippen MR) is 116 cm³/mol. The van der Waals surface area contributed by atoms with Crippen molar-refractivity contribution in [3.63, 3.8) is 0 Å². The van der Waals surface area contributed by atoms with Gasteiger partial charge in [0.25, 0.3) is 0 Å². The maximum atomic E-state index is 13.5. The zero-order valence-corrected chi connectivity index (χ0v) is 18.7. The Morgan fingerprint density at radius 1 is 1.10 bits per heavy atom. The Bertz CT molecular complexity index is 860. The smallest absolute Gasteiger partial charge is 0.320 e. The van der Waals surface area contributed by atoms with Crippen molar-refractivity contribution in [2.75, 3.05) is 47.1 Å². The number of hydrogen-bond donors (Lipinski definition) is 0.